The number of carbonyl (C=O) groups excluding carboxylic acids is 1. The molecule has 1 aliphatic heterocycles. The minimum absolute atomic E-state index is 0.0878. The summed E-state index contributed by atoms with van der Waals surface area (Å²) in [7, 11) is 3.47. The van der Waals surface area contributed by atoms with E-state index in [0.29, 0.717) is 11.8 Å². The number of nitrogens with zero attached hydrogens (tertiary/aromatic N) is 4. The van der Waals surface area contributed by atoms with E-state index in [4.69, 9.17) is 4.42 Å². The van der Waals surface area contributed by atoms with E-state index in [1.165, 1.54) is 24.2 Å². The molecule has 2 aromatic heterocycles. The van der Waals surface area contributed by atoms with Gasteiger partial charge < -0.3 is 9.32 Å². The zero-order chi connectivity index (χ0) is 16.9. The van der Waals surface area contributed by atoms with E-state index in [1.54, 1.807) is 20.2 Å². The van der Waals surface area contributed by atoms with Gasteiger partial charge in [-0.1, -0.05) is 6.42 Å². The lowest BCUT2D eigenvalue weighted by molar-refractivity contribution is 0.0786. The summed E-state index contributed by atoms with van der Waals surface area (Å²) in [6.07, 6.45) is 8.65. The van der Waals surface area contributed by atoms with Crippen LogP contribution in [0.4, 0.5) is 0 Å². The summed E-state index contributed by atoms with van der Waals surface area (Å²) in [6.45, 7) is 2.79. The van der Waals surface area contributed by atoms with Crippen LogP contribution in [0, 0.1) is 0 Å². The number of hydrogen-bond donors (Lipinski definition) is 0. The molecule has 6 nitrogen and oxygen atoms in total. The van der Waals surface area contributed by atoms with Crippen molar-refractivity contribution in [1.29, 1.82) is 0 Å². The topological polar surface area (TPSA) is 54.5 Å². The van der Waals surface area contributed by atoms with E-state index in [1.807, 2.05) is 29.2 Å². The van der Waals surface area contributed by atoms with Gasteiger partial charge in [-0.3, -0.25) is 14.4 Å². The Kier molecular flexibility index (Phi) is 5.35. The number of piperidine rings is 1. The van der Waals surface area contributed by atoms with Crippen molar-refractivity contribution in [3.8, 4) is 0 Å². The second-order valence-electron chi connectivity index (χ2n) is 6.64. The lowest BCUT2D eigenvalue weighted by Crippen LogP contribution is -2.39. The van der Waals surface area contributed by atoms with Crippen molar-refractivity contribution in [3.05, 3.63) is 42.1 Å². The van der Waals surface area contributed by atoms with E-state index in [-0.39, 0.29) is 5.91 Å². The summed E-state index contributed by atoms with van der Waals surface area (Å²) < 4.78 is 7.75. The van der Waals surface area contributed by atoms with Crippen molar-refractivity contribution in [3.63, 3.8) is 0 Å². The maximum absolute atomic E-state index is 12.0. The lowest BCUT2D eigenvalue weighted by Gasteiger charge is -2.35. The molecule has 0 N–H and O–H groups in total. The first-order valence-corrected chi connectivity index (χ1v) is 8.65. The van der Waals surface area contributed by atoms with Gasteiger partial charge in [0.2, 0.25) is 0 Å². The zero-order valence-corrected chi connectivity index (χ0v) is 14.5. The highest BCUT2D eigenvalue weighted by Crippen LogP contribution is 2.23. The van der Waals surface area contributed by atoms with E-state index >= 15 is 0 Å². The van der Waals surface area contributed by atoms with Gasteiger partial charge >= 0.3 is 0 Å². The summed E-state index contributed by atoms with van der Waals surface area (Å²) in [4.78, 5) is 16.0. The van der Waals surface area contributed by atoms with Crippen molar-refractivity contribution in [1.82, 2.24) is 19.6 Å². The number of aryl methyl sites for hydroxylation is 1. The minimum atomic E-state index is -0.0878. The van der Waals surface area contributed by atoms with Crippen LogP contribution in [0.1, 0.15) is 42.0 Å². The van der Waals surface area contributed by atoms with Crippen LogP contribution in [-0.4, -0.2) is 52.2 Å². The van der Waals surface area contributed by atoms with Crippen LogP contribution in [0.15, 0.2) is 35.0 Å². The molecule has 2 aromatic rings. The molecular formula is C18H26N4O2. The number of carbonyl (C=O) groups is 1. The van der Waals surface area contributed by atoms with Gasteiger partial charge in [0.05, 0.1) is 6.54 Å². The third-order valence-electron chi connectivity index (χ3n) is 4.64. The van der Waals surface area contributed by atoms with Gasteiger partial charge in [-0.2, -0.15) is 5.10 Å². The fourth-order valence-electron chi connectivity index (χ4n) is 3.31. The van der Waals surface area contributed by atoms with Crippen LogP contribution < -0.4 is 0 Å². The molecule has 24 heavy (non-hydrogen) atoms. The Morgan fingerprint density at radius 2 is 2.25 bits per heavy atom. The number of furan rings is 1. The number of aromatic nitrogens is 2. The molecule has 1 amide bonds. The molecule has 0 bridgehead atoms. The highest BCUT2D eigenvalue weighted by molar-refractivity contribution is 5.91. The monoisotopic (exact) mass is 330 g/mol. The van der Waals surface area contributed by atoms with Gasteiger partial charge in [-0.25, -0.2) is 0 Å². The number of likely N-dealkylation sites (tertiary alicyclic amines) is 1. The zero-order valence-electron chi connectivity index (χ0n) is 14.5. The van der Waals surface area contributed by atoms with Crippen LogP contribution in [0.2, 0.25) is 0 Å². The van der Waals surface area contributed by atoms with Crippen LogP contribution in [0.3, 0.4) is 0 Å². The third-order valence-corrected chi connectivity index (χ3v) is 4.64. The Labute approximate surface area is 143 Å². The molecule has 0 spiro atoms. The first-order valence-electron chi connectivity index (χ1n) is 8.65. The van der Waals surface area contributed by atoms with Crippen molar-refractivity contribution >= 4 is 5.91 Å². The van der Waals surface area contributed by atoms with Gasteiger partial charge in [0.25, 0.3) is 5.91 Å². The summed E-state index contributed by atoms with van der Waals surface area (Å²) in [5.41, 5.74) is 0. The van der Waals surface area contributed by atoms with Crippen molar-refractivity contribution in [2.45, 2.75) is 44.8 Å². The Hall–Kier alpha value is -2.08. The maximum Gasteiger partial charge on any atom is 0.289 e. The molecular weight excluding hydrogens is 304 g/mol. The summed E-state index contributed by atoms with van der Waals surface area (Å²) in [5, 5.41) is 4.29. The van der Waals surface area contributed by atoms with Crippen molar-refractivity contribution in [2.75, 3.05) is 20.6 Å². The molecule has 1 fully saturated rings. The summed E-state index contributed by atoms with van der Waals surface area (Å²) >= 11 is 0. The molecule has 6 heteroatoms. The summed E-state index contributed by atoms with van der Waals surface area (Å²) in [6, 6.07) is 6.21. The van der Waals surface area contributed by atoms with Gasteiger partial charge in [0.1, 0.15) is 5.76 Å². The molecule has 1 aliphatic rings. The van der Waals surface area contributed by atoms with Crippen LogP contribution >= 0.6 is 0 Å². The fourth-order valence-corrected chi connectivity index (χ4v) is 3.31. The number of rotatable bonds is 6. The molecule has 3 heterocycles. The molecule has 0 aromatic carbocycles. The molecule has 130 valence electrons. The predicted molar refractivity (Wildman–Crippen MR) is 91.6 cm³/mol. The fraction of sp³-hybridized carbons (Fsp3) is 0.556. The molecule has 1 atom stereocenters. The number of hydrogen-bond acceptors (Lipinski definition) is 4. The van der Waals surface area contributed by atoms with Crippen molar-refractivity contribution in [2.24, 2.45) is 0 Å². The van der Waals surface area contributed by atoms with Gasteiger partial charge in [0.15, 0.2) is 5.76 Å². The van der Waals surface area contributed by atoms with Crippen molar-refractivity contribution < 1.29 is 9.21 Å². The molecule has 0 aliphatic carbocycles. The largest absolute Gasteiger partial charge is 0.455 e. The Bertz CT molecular complexity index is 648. The van der Waals surface area contributed by atoms with E-state index in [0.717, 1.165) is 31.8 Å². The van der Waals surface area contributed by atoms with Crippen LogP contribution in [0.25, 0.3) is 0 Å². The average molecular weight is 330 g/mol. The smallest absolute Gasteiger partial charge is 0.289 e. The lowest BCUT2D eigenvalue weighted by atomic mass is 9.99. The Morgan fingerprint density at radius 3 is 3.00 bits per heavy atom. The minimum Gasteiger partial charge on any atom is -0.455 e. The highest BCUT2D eigenvalue weighted by Gasteiger charge is 2.24. The first-order chi connectivity index (χ1) is 11.6. The quantitative estimate of drug-likeness (QED) is 0.817. The maximum atomic E-state index is 12.0. The third kappa shape index (κ3) is 4.06. The van der Waals surface area contributed by atoms with E-state index in [9.17, 15) is 4.79 Å². The summed E-state index contributed by atoms with van der Waals surface area (Å²) in [5.74, 6) is 1.20. The predicted octanol–water partition coefficient (Wildman–Crippen LogP) is 2.62. The normalized spacial score (nSPS) is 18.7. The average Bonchev–Trinajstić information content (AvgIpc) is 3.25. The van der Waals surface area contributed by atoms with Crippen LogP contribution in [0.5, 0.6) is 0 Å². The van der Waals surface area contributed by atoms with Gasteiger partial charge in [-0.05, 0) is 44.0 Å². The molecule has 0 saturated carbocycles. The first kappa shape index (κ1) is 16.8. The van der Waals surface area contributed by atoms with Gasteiger partial charge in [0, 0.05) is 39.1 Å². The van der Waals surface area contributed by atoms with E-state index in [2.05, 4.69) is 10.00 Å². The van der Waals surface area contributed by atoms with Gasteiger partial charge in [-0.15, -0.1) is 0 Å². The molecule has 3 rings (SSSR count). The Morgan fingerprint density at radius 1 is 1.38 bits per heavy atom. The number of amides is 1. The molecule has 0 unspecified atom stereocenters. The van der Waals surface area contributed by atoms with Crippen LogP contribution in [-0.2, 0) is 13.1 Å². The highest BCUT2D eigenvalue weighted by atomic mass is 16.4. The Balaban J connectivity index is 1.60. The second kappa shape index (κ2) is 7.66. The van der Waals surface area contributed by atoms with E-state index < -0.39 is 0 Å². The second-order valence-corrected chi connectivity index (χ2v) is 6.64. The molecule has 0 radical (unpaired) electrons. The molecule has 1 saturated heterocycles. The SMILES string of the molecule is CN(C)C(=O)c1ccc(CN2CCCC[C@H]2CCn2cccn2)o1. The standard InChI is InChI=1S/C18H26N4O2/c1-20(2)18(23)17-8-7-16(24-17)14-21-11-4-3-6-15(21)9-13-22-12-5-10-19-22/h5,7-8,10,12,15H,3-4,6,9,11,13-14H2,1-2H3/t15-/m0/s1.